The molecule has 4 N–H and O–H groups in total. The number of aliphatic hydroxyl groups excluding tert-OH is 1. The van der Waals surface area contributed by atoms with Crippen LogP contribution in [0.4, 0.5) is 0 Å². The number of hydrogen-bond donors (Lipinski definition) is 3. The number of nitrogens with one attached hydrogen (secondary N) is 1. The number of aliphatic hydroxyl groups is 1. The molecule has 1 fully saturated rings. The minimum Gasteiger partial charge on any atom is -0.391 e. The fourth-order valence-corrected chi connectivity index (χ4v) is 3.86. The molecule has 3 amide bonds. The molecule has 9 heteroatoms. The number of thiazole rings is 1. The van der Waals surface area contributed by atoms with Crippen LogP contribution in [0.25, 0.3) is 10.4 Å². The number of β-amino-alcohol motifs (C(OH)–C–C–N with tert-alkyl or cyclic N) is 1. The maximum absolute atomic E-state index is 11.6. The van der Waals surface area contributed by atoms with Crippen molar-refractivity contribution in [3.05, 3.63) is 41.0 Å². The third-order valence-electron chi connectivity index (χ3n) is 4.55. The Bertz CT molecular complexity index is 888. The van der Waals surface area contributed by atoms with Gasteiger partial charge in [0.25, 0.3) is 0 Å². The Hall–Kier alpha value is -2.78. The minimum absolute atomic E-state index is 0.0463. The number of rotatable bonds is 5. The molecule has 3 rings (SSSR count). The molecule has 0 spiro atoms. The Morgan fingerprint density at radius 1 is 1.26 bits per heavy atom. The van der Waals surface area contributed by atoms with Crippen LogP contribution in [-0.4, -0.2) is 52.4 Å². The van der Waals surface area contributed by atoms with Gasteiger partial charge in [0.1, 0.15) is 0 Å². The van der Waals surface area contributed by atoms with Crippen LogP contribution in [0, 0.1) is 12.3 Å². The monoisotopic (exact) mass is 506 g/mol. The highest BCUT2D eigenvalue weighted by molar-refractivity contribution is 7.13. The lowest BCUT2D eigenvalue weighted by atomic mass is 9.92. The number of primary amides is 1. The van der Waals surface area contributed by atoms with Crippen molar-refractivity contribution in [1.29, 1.82) is 0 Å². The van der Waals surface area contributed by atoms with E-state index in [1.807, 2.05) is 38.4 Å². The molecule has 1 aromatic heterocycles. The van der Waals surface area contributed by atoms with E-state index in [-0.39, 0.29) is 23.3 Å². The molecule has 0 saturated carbocycles. The normalized spacial score (nSPS) is 14.3. The van der Waals surface area contributed by atoms with E-state index < -0.39 is 0 Å². The van der Waals surface area contributed by atoms with Crippen LogP contribution in [0.15, 0.2) is 29.8 Å². The van der Waals surface area contributed by atoms with Gasteiger partial charge < -0.3 is 21.1 Å². The number of nitrogens with zero attached hydrogens (tertiary/aromatic N) is 2. The predicted octanol–water partition coefficient (Wildman–Crippen LogP) is 3.90. The van der Waals surface area contributed by atoms with Crippen LogP contribution in [0.3, 0.4) is 0 Å². The average molecular weight is 507 g/mol. The van der Waals surface area contributed by atoms with Gasteiger partial charge >= 0.3 is 0 Å². The standard InChI is InChI=1S/C12H12N2OS.C10H19NO2.C2H5NO.C2H6/c1-9-12(16-8-14-9)11-4-2-10(3-5-11)6-13-7-15;1-10(2,3)6-9(13)11-5-4-8(12)7-11;1-2(3)4;1-2/h2-5,7-8H,6H2,1H3,(H,13,15);8,12H,4-7H2,1-3H3;1H3,(H2,3,4);1-2H3. The van der Waals surface area contributed by atoms with Gasteiger partial charge in [-0.1, -0.05) is 58.9 Å². The highest BCUT2D eigenvalue weighted by Crippen LogP contribution is 2.27. The zero-order valence-electron chi connectivity index (χ0n) is 22.1. The second kappa shape index (κ2) is 16.8. The molecule has 8 nitrogen and oxygen atoms in total. The molecular formula is C26H42N4O4S. The molecule has 0 radical (unpaired) electrons. The summed E-state index contributed by atoms with van der Waals surface area (Å²) in [6.45, 7) is 15.3. The molecule has 2 heterocycles. The third-order valence-corrected chi connectivity index (χ3v) is 5.53. The molecule has 1 aliphatic heterocycles. The van der Waals surface area contributed by atoms with Crippen molar-refractivity contribution < 1.29 is 19.5 Å². The van der Waals surface area contributed by atoms with Gasteiger partial charge in [0.05, 0.1) is 22.2 Å². The van der Waals surface area contributed by atoms with Gasteiger partial charge in [-0.15, -0.1) is 11.3 Å². The van der Waals surface area contributed by atoms with Gasteiger partial charge in [-0.3, -0.25) is 14.4 Å². The first-order chi connectivity index (χ1) is 16.4. The van der Waals surface area contributed by atoms with E-state index in [1.165, 1.54) is 17.4 Å². The smallest absolute Gasteiger partial charge is 0.223 e. The minimum atomic E-state index is -0.333. The summed E-state index contributed by atoms with van der Waals surface area (Å²) in [6.07, 6.45) is 1.71. The van der Waals surface area contributed by atoms with E-state index in [0.29, 0.717) is 25.9 Å². The van der Waals surface area contributed by atoms with E-state index in [2.05, 4.69) is 48.9 Å². The third kappa shape index (κ3) is 14.3. The van der Waals surface area contributed by atoms with E-state index >= 15 is 0 Å². The summed E-state index contributed by atoms with van der Waals surface area (Å²) < 4.78 is 0. The average Bonchev–Trinajstić information content (AvgIpc) is 3.41. The molecule has 1 saturated heterocycles. The summed E-state index contributed by atoms with van der Waals surface area (Å²) in [7, 11) is 0. The molecule has 0 bridgehead atoms. The molecular weight excluding hydrogens is 464 g/mol. The number of carbonyl (C=O) groups excluding carboxylic acids is 3. The van der Waals surface area contributed by atoms with Crippen molar-refractivity contribution in [2.75, 3.05) is 13.1 Å². The SMILES string of the molecule is CC.CC(C)(C)CC(=O)N1CCC(O)C1.CC(N)=O.Cc1ncsc1-c1ccc(CNC=O)cc1. The number of aromatic nitrogens is 1. The quantitative estimate of drug-likeness (QED) is 0.530. The van der Waals surface area contributed by atoms with Crippen LogP contribution < -0.4 is 11.1 Å². The summed E-state index contributed by atoms with van der Waals surface area (Å²) in [4.78, 5) is 38.2. The Morgan fingerprint density at radius 2 is 1.83 bits per heavy atom. The zero-order chi connectivity index (χ0) is 27.0. The van der Waals surface area contributed by atoms with Gasteiger partial charge in [0, 0.05) is 33.0 Å². The first-order valence-electron chi connectivity index (χ1n) is 11.8. The summed E-state index contributed by atoms with van der Waals surface area (Å²) >= 11 is 1.64. The highest BCUT2D eigenvalue weighted by atomic mass is 32.1. The Labute approximate surface area is 213 Å². The number of hydrogen-bond acceptors (Lipinski definition) is 6. The Kier molecular flexibility index (Phi) is 15.4. The molecule has 0 aliphatic carbocycles. The molecule has 1 atom stereocenters. The Morgan fingerprint density at radius 3 is 2.23 bits per heavy atom. The van der Waals surface area contributed by atoms with Crippen LogP contribution in [0.1, 0.15) is 65.6 Å². The summed E-state index contributed by atoms with van der Waals surface area (Å²) in [5.74, 6) is -0.163. The maximum Gasteiger partial charge on any atom is 0.223 e. The van der Waals surface area contributed by atoms with Crippen LogP contribution in [-0.2, 0) is 20.9 Å². The van der Waals surface area contributed by atoms with Crippen molar-refractivity contribution in [2.24, 2.45) is 11.1 Å². The van der Waals surface area contributed by atoms with Crippen LogP contribution in [0.5, 0.6) is 0 Å². The number of aryl methyl sites for hydroxylation is 1. The fraction of sp³-hybridized carbons (Fsp3) is 0.538. The van der Waals surface area contributed by atoms with Gasteiger partial charge in [0.2, 0.25) is 18.2 Å². The number of amides is 3. The van der Waals surface area contributed by atoms with Gasteiger partial charge in [0.15, 0.2) is 0 Å². The van der Waals surface area contributed by atoms with Crippen molar-refractivity contribution in [3.63, 3.8) is 0 Å². The van der Waals surface area contributed by atoms with Crippen molar-refractivity contribution in [1.82, 2.24) is 15.2 Å². The van der Waals surface area contributed by atoms with Gasteiger partial charge in [-0.05, 0) is 29.9 Å². The highest BCUT2D eigenvalue weighted by Gasteiger charge is 2.27. The first kappa shape index (κ1) is 32.2. The molecule has 2 aromatic rings. The molecule has 1 aromatic carbocycles. The number of carbonyl (C=O) groups is 3. The summed E-state index contributed by atoms with van der Waals surface area (Å²) in [5, 5.41) is 11.9. The Balaban J connectivity index is 0.000000548. The molecule has 196 valence electrons. The fourth-order valence-electron chi connectivity index (χ4n) is 3.05. The number of benzene rings is 1. The number of likely N-dealkylation sites (tertiary alicyclic amines) is 1. The second-order valence-electron chi connectivity index (χ2n) is 9.09. The van der Waals surface area contributed by atoms with Crippen molar-refractivity contribution >= 4 is 29.6 Å². The van der Waals surface area contributed by atoms with Crippen molar-refractivity contribution in [2.45, 2.75) is 74.0 Å². The van der Waals surface area contributed by atoms with E-state index in [9.17, 15) is 19.5 Å². The molecule has 1 aliphatic rings. The summed E-state index contributed by atoms with van der Waals surface area (Å²) in [6, 6.07) is 8.15. The largest absolute Gasteiger partial charge is 0.391 e. The lowest BCUT2D eigenvalue weighted by Crippen LogP contribution is -2.32. The maximum atomic E-state index is 11.6. The number of nitrogens with two attached hydrogens (primary N) is 1. The summed E-state index contributed by atoms with van der Waals surface area (Å²) in [5.41, 5.74) is 9.70. The predicted molar refractivity (Wildman–Crippen MR) is 143 cm³/mol. The first-order valence-corrected chi connectivity index (χ1v) is 12.7. The van der Waals surface area contributed by atoms with Gasteiger partial charge in [-0.25, -0.2) is 4.98 Å². The van der Waals surface area contributed by atoms with E-state index in [1.54, 1.807) is 16.2 Å². The lowest BCUT2D eigenvalue weighted by molar-refractivity contribution is -0.132. The van der Waals surface area contributed by atoms with Crippen molar-refractivity contribution in [3.8, 4) is 10.4 Å². The van der Waals surface area contributed by atoms with Gasteiger partial charge in [-0.2, -0.15) is 0 Å². The lowest BCUT2D eigenvalue weighted by Gasteiger charge is -2.22. The van der Waals surface area contributed by atoms with E-state index in [4.69, 9.17) is 0 Å². The zero-order valence-corrected chi connectivity index (χ0v) is 22.9. The second-order valence-corrected chi connectivity index (χ2v) is 9.95. The van der Waals surface area contributed by atoms with Crippen LogP contribution >= 0.6 is 11.3 Å². The topological polar surface area (TPSA) is 126 Å². The van der Waals surface area contributed by atoms with E-state index in [0.717, 1.165) is 24.2 Å². The van der Waals surface area contributed by atoms with Crippen LogP contribution in [0.2, 0.25) is 0 Å². The molecule has 35 heavy (non-hydrogen) atoms. The molecule has 1 unspecified atom stereocenters.